The van der Waals surface area contributed by atoms with Crippen LogP contribution in [0.3, 0.4) is 0 Å². The monoisotopic (exact) mass is 207 g/mol. The van der Waals surface area contributed by atoms with E-state index in [9.17, 15) is 0 Å². The summed E-state index contributed by atoms with van der Waals surface area (Å²) in [6, 6.07) is 0. The summed E-state index contributed by atoms with van der Waals surface area (Å²) in [5.41, 5.74) is 0.0920. The number of hydrogen-bond acceptors (Lipinski definition) is 2. The van der Waals surface area contributed by atoms with Crippen molar-refractivity contribution >= 4 is 0 Å². The van der Waals surface area contributed by atoms with Crippen molar-refractivity contribution in [2.75, 3.05) is 13.7 Å². The van der Waals surface area contributed by atoms with Gasteiger partial charge in [0, 0.05) is 12.1 Å². The zero-order valence-corrected chi connectivity index (χ0v) is 11.9. The fourth-order valence-electron chi connectivity index (χ4n) is 0.405. The number of nitrogens with one attached hydrogen (secondary N) is 1. The topological polar surface area (TPSA) is 32.3 Å². The average Bonchev–Trinajstić information content (AvgIpc) is 2.27. The molecule has 0 fully saturated rings. The van der Waals surface area contributed by atoms with Crippen LogP contribution in [0.5, 0.6) is 0 Å². The van der Waals surface area contributed by atoms with Crippen molar-refractivity contribution in [2.45, 2.75) is 67.3 Å². The molecule has 14 heavy (non-hydrogen) atoms. The highest BCUT2D eigenvalue weighted by atomic mass is 16.3. The van der Waals surface area contributed by atoms with Gasteiger partial charge in [0.05, 0.1) is 0 Å². The van der Waals surface area contributed by atoms with Crippen molar-refractivity contribution in [3.8, 4) is 0 Å². The van der Waals surface area contributed by atoms with Crippen molar-refractivity contribution in [1.29, 1.82) is 0 Å². The van der Waals surface area contributed by atoms with E-state index in [2.05, 4.69) is 19.2 Å². The summed E-state index contributed by atoms with van der Waals surface area (Å²) in [5, 5.41) is 11.6. The SMILES string of the molecule is CC.CC.CC.CNC(C)(C)CCO. The van der Waals surface area contributed by atoms with Crippen molar-refractivity contribution < 1.29 is 5.11 Å². The molecule has 92 valence electrons. The van der Waals surface area contributed by atoms with Crippen molar-refractivity contribution in [1.82, 2.24) is 5.32 Å². The number of rotatable bonds is 3. The van der Waals surface area contributed by atoms with Crippen LogP contribution in [0.4, 0.5) is 0 Å². The Kier molecular flexibility index (Phi) is 38.9. The van der Waals surface area contributed by atoms with Gasteiger partial charge >= 0.3 is 0 Å². The molecule has 0 spiro atoms. The van der Waals surface area contributed by atoms with E-state index in [0.29, 0.717) is 0 Å². The number of aliphatic hydroxyl groups is 1. The Morgan fingerprint density at radius 3 is 1.29 bits per heavy atom. The molecule has 0 aromatic rings. The molecule has 0 aromatic heterocycles. The summed E-state index contributed by atoms with van der Waals surface area (Å²) in [4.78, 5) is 0. The smallest absolute Gasteiger partial charge is 0.0448 e. The Morgan fingerprint density at radius 1 is 0.929 bits per heavy atom. The lowest BCUT2D eigenvalue weighted by Gasteiger charge is -2.21. The Bertz CT molecular complexity index is 63.3. The lowest BCUT2D eigenvalue weighted by atomic mass is 10.0. The molecule has 0 aliphatic heterocycles. The zero-order chi connectivity index (χ0) is 12.6. The minimum absolute atomic E-state index is 0.0920. The highest BCUT2D eigenvalue weighted by Gasteiger charge is 2.11. The third kappa shape index (κ3) is 29.7. The van der Waals surface area contributed by atoms with Gasteiger partial charge in [0.15, 0.2) is 0 Å². The van der Waals surface area contributed by atoms with Crippen molar-refractivity contribution in [3.63, 3.8) is 0 Å². The van der Waals surface area contributed by atoms with E-state index in [4.69, 9.17) is 5.11 Å². The quantitative estimate of drug-likeness (QED) is 0.743. The fourth-order valence-corrected chi connectivity index (χ4v) is 0.405. The summed E-state index contributed by atoms with van der Waals surface area (Å²) >= 11 is 0. The maximum atomic E-state index is 8.49. The van der Waals surface area contributed by atoms with Crippen LogP contribution in [0.2, 0.25) is 0 Å². The molecule has 0 aliphatic rings. The Balaban J connectivity index is -0.0000000708. The Labute approximate surface area is 92.1 Å². The van der Waals surface area contributed by atoms with E-state index >= 15 is 0 Å². The molecule has 0 radical (unpaired) electrons. The average molecular weight is 207 g/mol. The van der Waals surface area contributed by atoms with Crippen LogP contribution in [-0.2, 0) is 0 Å². The van der Waals surface area contributed by atoms with Gasteiger partial charge < -0.3 is 10.4 Å². The number of hydrogen-bond donors (Lipinski definition) is 2. The van der Waals surface area contributed by atoms with Gasteiger partial charge in [-0.3, -0.25) is 0 Å². The van der Waals surface area contributed by atoms with E-state index in [-0.39, 0.29) is 12.1 Å². The standard InChI is InChI=1S/C6H15NO.3C2H6/c1-6(2,7-3)4-5-8;3*1-2/h7-8H,4-5H2,1-3H3;3*1-2H3. The van der Waals surface area contributed by atoms with Crippen LogP contribution in [0, 0.1) is 0 Å². The van der Waals surface area contributed by atoms with Gasteiger partial charge in [-0.1, -0.05) is 41.5 Å². The van der Waals surface area contributed by atoms with E-state index in [1.54, 1.807) is 0 Å². The van der Waals surface area contributed by atoms with E-state index in [1.807, 2.05) is 48.6 Å². The second kappa shape index (κ2) is 23.1. The van der Waals surface area contributed by atoms with Crippen LogP contribution >= 0.6 is 0 Å². The molecular formula is C12H33NO. The van der Waals surface area contributed by atoms with Gasteiger partial charge in [0.1, 0.15) is 0 Å². The van der Waals surface area contributed by atoms with Crippen LogP contribution in [-0.4, -0.2) is 24.3 Å². The first-order valence-electron chi connectivity index (χ1n) is 5.92. The van der Waals surface area contributed by atoms with E-state index in [1.165, 1.54) is 0 Å². The minimum atomic E-state index is 0.0920. The highest BCUT2D eigenvalue weighted by molar-refractivity contribution is 4.73. The van der Waals surface area contributed by atoms with Crippen LogP contribution < -0.4 is 5.32 Å². The highest BCUT2D eigenvalue weighted by Crippen LogP contribution is 2.04. The molecule has 2 nitrogen and oxygen atoms in total. The summed E-state index contributed by atoms with van der Waals surface area (Å²) < 4.78 is 0. The molecule has 2 heteroatoms. The molecule has 0 aromatic carbocycles. The molecule has 0 bridgehead atoms. The molecule has 0 saturated carbocycles. The second-order valence-corrected chi connectivity index (χ2v) is 2.61. The maximum Gasteiger partial charge on any atom is 0.0448 e. The molecule has 0 aliphatic carbocycles. The summed E-state index contributed by atoms with van der Waals surface area (Å²) in [7, 11) is 1.90. The molecule has 0 heterocycles. The van der Waals surface area contributed by atoms with Gasteiger partial charge in [0.25, 0.3) is 0 Å². The van der Waals surface area contributed by atoms with Gasteiger partial charge in [0.2, 0.25) is 0 Å². The first-order valence-corrected chi connectivity index (χ1v) is 5.92. The van der Waals surface area contributed by atoms with Crippen LogP contribution in [0.25, 0.3) is 0 Å². The maximum absolute atomic E-state index is 8.49. The second-order valence-electron chi connectivity index (χ2n) is 2.61. The summed E-state index contributed by atoms with van der Waals surface area (Å²) in [6.07, 6.45) is 0.809. The van der Waals surface area contributed by atoms with Crippen LogP contribution in [0.1, 0.15) is 61.8 Å². The Morgan fingerprint density at radius 2 is 1.21 bits per heavy atom. The lowest BCUT2D eigenvalue weighted by Crippen LogP contribution is -2.36. The molecule has 0 amide bonds. The van der Waals surface area contributed by atoms with Crippen molar-refractivity contribution in [2.24, 2.45) is 0 Å². The summed E-state index contributed by atoms with van der Waals surface area (Å²) in [6.45, 7) is 16.4. The van der Waals surface area contributed by atoms with E-state index < -0.39 is 0 Å². The molecule has 0 saturated heterocycles. The first kappa shape index (κ1) is 23.6. The number of aliphatic hydroxyl groups excluding tert-OH is 1. The Hall–Kier alpha value is -0.0800. The molecular weight excluding hydrogens is 174 g/mol. The predicted molar refractivity (Wildman–Crippen MR) is 68.9 cm³/mol. The summed E-state index contributed by atoms with van der Waals surface area (Å²) in [5.74, 6) is 0. The largest absolute Gasteiger partial charge is 0.396 e. The third-order valence-electron chi connectivity index (χ3n) is 1.41. The molecule has 0 atom stereocenters. The van der Waals surface area contributed by atoms with Gasteiger partial charge in [-0.05, 0) is 27.3 Å². The van der Waals surface area contributed by atoms with Gasteiger partial charge in [-0.2, -0.15) is 0 Å². The fraction of sp³-hybridized carbons (Fsp3) is 1.00. The van der Waals surface area contributed by atoms with Crippen molar-refractivity contribution in [3.05, 3.63) is 0 Å². The van der Waals surface area contributed by atoms with Crippen LogP contribution in [0.15, 0.2) is 0 Å². The molecule has 2 N–H and O–H groups in total. The van der Waals surface area contributed by atoms with Gasteiger partial charge in [-0.15, -0.1) is 0 Å². The molecule has 0 rings (SSSR count). The zero-order valence-electron chi connectivity index (χ0n) is 11.9. The minimum Gasteiger partial charge on any atom is -0.396 e. The van der Waals surface area contributed by atoms with E-state index in [0.717, 1.165) is 6.42 Å². The van der Waals surface area contributed by atoms with Gasteiger partial charge in [-0.25, -0.2) is 0 Å². The first-order chi connectivity index (χ1) is 6.62. The third-order valence-corrected chi connectivity index (χ3v) is 1.41. The predicted octanol–water partition coefficient (Wildman–Crippen LogP) is 3.45. The lowest BCUT2D eigenvalue weighted by molar-refractivity contribution is 0.237. The normalized spacial score (nSPS) is 8.14. The molecule has 0 unspecified atom stereocenters.